The van der Waals surface area contributed by atoms with Gasteiger partial charge in [-0.05, 0) is 32.0 Å². The lowest BCUT2D eigenvalue weighted by Crippen LogP contribution is -2.15. The molecule has 0 fully saturated rings. The van der Waals surface area contributed by atoms with E-state index in [0.717, 1.165) is 0 Å². The van der Waals surface area contributed by atoms with Gasteiger partial charge in [-0.25, -0.2) is 0 Å². The maximum absolute atomic E-state index is 12.2. The lowest BCUT2D eigenvalue weighted by atomic mass is 10.2. The van der Waals surface area contributed by atoms with Crippen molar-refractivity contribution in [3.8, 4) is 5.75 Å². The third kappa shape index (κ3) is 3.19. The fourth-order valence-electron chi connectivity index (χ4n) is 1.91. The van der Waals surface area contributed by atoms with Crippen molar-refractivity contribution < 1.29 is 13.9 Å². The van der Waals surface area contributed by atoms with Gasteiger partial charge in [0.15, 0.2) is 0 Å². The number of carbonyl (C=O) groups is 1. The molecule has 1 aromatic heterocycles. The molecule has 0 bridgehead atoms. The molecular formula is C15H18N2O3. The summed E-state index contributed by atoms with van der Waals surface area (Å²) in [6.45, 7) is 4.39. The summed E-state index contributed by atoms with van der Waals surface area (Å²) in [5.41, 5.74) is 6.56. The van der Waals surface area contributed by atoms with Crippen molar-refractivity contribution in [3.63, 3.8) is 0 Å². The fourth-order valence-corrected chi connectivity index (χ4v) is 1.91. The number of benzene rings is 1. The molecule has 1 heterocycles. The molecule has 0 aliphatic rings. The topological polar surface area (TPSA) is 77.5 Å². The number of hydrogen-bond donors (Lipinski definition) is 2. The maximum atomic E-state index is 12.2. The van der Waals surface area contributed by atoms with Crippen molar-refractivity contribution in [3.05, 3.63) is 47.4 Å². The monoisotopic (exact) mass is 274 g/mol. The third-order valence-electron chi connectivity index (χ3n) is 2.80. The molecule has 0 spiro atoms. The summed E-state index contributed by atoms with van der Waals surface area (Å²) in [4.78, 5) is 12.2. The first-order valence-corrected chi connectivity index (χ1v) is 6.42. The lowest BCUT2D eigenvalue weighted by Gasteiger charge is -2.11. The summed E-state index contributed by atoms with van der Waals surface area (Å²) in [7, 11) is 0. The van der Waals surface area contributed by atoms with Crippen LogP contribution in [-0.2, 0) is 0 Å². The number of carbonyl (C=O) groups excluding carboxylic acids is 1. The Kier molecular flexibility index (Phi) is 4.42. The van der Waals surface area contributed by atoms with E-state index in [0.29, 0.717) is 41.7 Å². The predicted molar refractivity (Wildman–Crippen MR) is 77.1 cm³/mol. The number of aryl methyl sites for hydroxylation is 2. The number of amides is 1. The van der Waals surface area contributed by atoms with E-state index in [1.54, 1.807) is 25.1 Å². The zero-order chi connectivity index (χ0) is 14.5. The highest BCUT2D eigenvalue weighted by Gasteiger charge is 2.15. The SMILES string of the molecule is Cc1cc(C(=O)Nc2ccccc2OCCN)c(C)o1. The Morgan fingerprint density at radius 1 is 1.35 bits per heavy atom. The van der Waals surface area contributed by atoms with Gasteiger partial charge < -0.3 is 20.2 Å². The van der Waals surface area contributed by atoms with Crippen LogP contribution in [0.4, 0.5) is 5.69 Å². The molecule has 0 atom stereocenters. The van der Waals surface area contributed by atoms with E-state index in [9.17, 15) is 4.79 Å². The second-order valence-electron chi connectivity index (χ2n) is 4.41. The van der Waals surface area contributed by atoms with Gasteiger partial charge in [-0.15, -0.1) is 0 Å². The Morgan fingerprint density at radius 3 is 2.75 bits per heavy atom. The predicted octanol–water partition coefficient (Wildman–Crippen LogP) is 2.49. The van der Waals surface area contributed by atoms with E-state index < -0.39 is 0 Å². The lowest BCUT2D eigenvalue weighted by molar-refractivity contribution is 0.102. The van der Waals surface area contributed by atoms with Gasteiger partial charge in [0.2, 0.25) is 0 Å². The molecule has 0 radical (unpaired) electrons. The Balaban J connectivity index is 2.17. The molecule has 20 heavy (non-hydrogen) atoms. The number of para-hydroxylation sites is 2. The number of furan rings is 1. The number of rotatable bonds is 5. The number of anilines is 1. The van der Waals surface area contributed by atoms with Crippen LogP contribution in [0.15, 0.2) is 34.7 Å². The normalized spacial score (nSPS) is 10.3. The molecule has 1 amide bonds. The molecule has 5 heteroatoms. The molecular weight excluding hydrogens is 256 g/mol. The van der Waals surface area contributed by atoms with Crippen LogP contribution < -0.4 is 15.8 Å². The van der Waals surface area contributed by atoms with Gasteiger partial charge in [-0.3, -0.25) is 4.79 Å². The standard InChI is InChI=1S/C15H18N2O3/c1-10-9-12(11(2)20-10)15(18)17-13-5-3-4-6-14(13)19-8-7-16/h3-6,9H,7-8,16H2,1-2H3,(H,17,18). The molecule has 5 nitrogen and oxygen atoms in total. The quantitative estimate of drug-likeness (QED) is 0.878. The van der Waals surface area contributed by atoms with Crippen LogP contribution in [0.2, 0.25) is 0 Å². The average molecular weight is 274 g/mol. The second kappa shape index (κ2) is 6.25. The minimum atomic E-state index is -0.219. The number of hydrogen-bond acceptors (Lipinski definition) is 4. The van der Waals surface area contributed by atoms with E-state index in [-0.39, 0.29) is 5.91 Å². The Labute approximate surface area is 117 Å². The summed E-state index contributed by atoms with van der Waals surface area (Å²) in [5, 5.41) is 2.83. The molecule has 0 saturated carbocycles. The summed E-state index contributed by atoms with van der Waals surface area (Å²) in [5.74, 6) is 1.69. The van der Waals surface area contributed by atoms with Crippen LogP contribution in [0.25, 0.3) is 0 Å². The molecule has 1 aromatic carbocycles. The van der Waals surface area contributed by atoms with Gasteiger partial charge in [-0.1, -0.05) is 12.1 Å². The minimum Gasteiger partial charge on any atom is -0.490 e. The van der Waals surface area contributed by atoms with Crippen molar-refractivity contribution in [2.24, 2.45) is 5.73 Å². The van der Waals surface area contributed by atoms with Crippen molar-refractivity contribution in [1.82, 2.24) is 0 Å². The number of ether oxygens (including phenoxy) is 1. The smallest absolute Gasteiger partial charge is 0.259 e. The van der Waals surface area contributed by atoms with E-state index in [1.807, 2.05) is 19.1 Å². The number of nitrogens with one attached hydrogen (secondary N) is 1. The van der Waals surface area contributed by atoms with Gasteiger partial charge in [0.1, 0.15) is 23.9 Å². The molecule has 2 aromatic rings. The van der Waals surface area contributed by atoms with Crippen LogP contribution in [-0.4, -0.2) is 19.1 Å². The Morgan fingerprint density at radius 2 is 2.10 bits per heavy atom. The van der Waals surface area contributed by atoms with E-state index in [2.05, 4.69) is 5.32 Å². The zero-order valence-corrected chi connectivity index (χ0v) is 11.6. The van der Waals surface area contributed by atoms with Crippen LogP contribution in [0.3, 0.4) is 0 Å². The molecule has 0 aliphatic carbocycles. The second-order valence-corrected chi connectivity index (χ2v) is 4.41. The van der Waals surface area contributed by atoms with Crippen LogP contribution >= 0.6 is 0 Å². The molecule has 2 rings (SSSR count). The van der Waals surface area contributed by atoms with Gasteiger partial charge in [0.05, 0.1) is 11.3 Å². The van der Waals surface area contributed by atoms with E-state index >= 15 is 0 Å². The molecule has 0 unspecified atom stereocenters. The molecule has 0 saturated heterocycles. The van der Waals surface area contributed by atoms with Crippen LogP contribution in [0.1, 0.15) is 21.9 Å². The maximum Gasteiger partial charge on any atom is 0.259 e. The van der Waals surface area contributed by atoms with Crippen molar-refractivity contribution >= 4 is 11.6 Å². The Hall–Kier alpha value is -2.27. The first-order valence-electron chi connectivity index (χ1n) is 6.42. The Bertz CT molecular complexity index is 605. The fraction of sp³-hybridized carbons (Fsp3) is 0.267. The van der Waals surface area contributed by atoms with Crippen molar-refractivity contribution in [1.29, 1.82) is 0 Å². The van der Waals surface area contributed by atoms with E-state index in [1.165, 1.54) is 0 Å². The highest BCUT2D eigenvalue weighted by molar-refractivity contribution is 6.05. The van der Waals surface area contributed by atoms with Gasteiger partial charge in [0, 0.05) is 6.54 Å². The molecule has 106 valence electrons. The molecule has 3 N–H and O–H groups in total. The summed E-state index contributed by atoms with van der Waals surface area (Å²) in [6, 6.07) is 8.96. The molecule has 0 aliphatic heterocycles. The minimum absolute atomic E-state index is 0.219. The number of nitrogens with two attached hydrogens (primary N) is 1. The summed E-state index contributed by atoms with van der Waals surface area (Å²) >= 11 is 0. The van der Waals surface area contributed by atoms with Gasteiger partial charge >= 0.3 is 0 Å². The van der Waals surface area contributed by atoms with Crippen molar-refractivity contribution in [2.45, 2.75) is 13.8 Å². The average Bonchev–Trinajstić information content (AvgIpc) is 2.77. The van der Waals surface area contributed by atoms with Crippen LogP contribution in [0.5, 0.6) is 5.75 Å². The van der Waals surface area contributed by atoms with Gasteiger partial charge in [-0.2, -0.15) is 0 Å². The summed E-state index contributed by atoms with van der Waals surface area (Å²) in [6.07, 6.45) is 0. The zero-order valence-electron chi connectivity index (χ0n) is 11.6. The van der Waals surface area contributed by atoms with Crippen LogP contribution in [0, 0.1) is 13.8 Å². The first kappa shape index (κ1) is 14.1. The third-order valence-corrected chi connectivity index (χ3v) is 2.80. The highest BCUT2D eigenvalue weighted by atomic mass is 16.5. The van der Waals surface area contributed by atoms with Gasteiger partial charge in [0.25, 0.3) is 5.91 Å². The van der Waals surface area contributed by atoms with E-state index in [4.69, 9.17) is 14.9 Å². The first-order chi connectivity index (χ1) is 9.61. The van der Waals surface area contributed by atoms with Crippen molar-refractivity contribution in [2.75, 3.05) is 18.5 Å². The highest BCUT2D eigenvalue weighted by Crippen LogP contribution is 2.25. The summed E-state index contributed by atoms with van der Waals surface area (Å²) < 4.78 is 10.9. The largest absolute Gasteiger partial charge is 0.490 e.